The zero-order valence-electron chi connectivity index (χ0n) is 11.6. The van der Waals surface area contributed by atoms with E-state index in [9.17, 15) is 4.79 Å². The van der Waals surface area contributed by atoms with Crippen LogP contribution in [0.5, 0.6) is 0 Å². The van der Waals surface area contributed by atoms with Gasteiger partial charge in [-0.05, 0) is 45.4 Å². The Labute approximate surface area is 113 Å². The molecule has 1 heterocycles. The van der Waals surface area contributed by atoms with Crippen molar-refractivity contribution in [2.75, 3.05) is 12.3 Å². The van der Waals surface area contributed by atoms with Crippen molar-refractivity contribution < 1.29 is 9.53 Å². The Balaban J connectivity index is 2.24. The maximum Gasteiger partial charge on any atom is 0.407 e. The number of pyridine rings is 1. The van der Waals surface area contributed by atoms with Crippen molar-refractivity contribution in [1.82, 2.24) is 10.3 Å². The summed E-state index contributed by atoms with van der Waals surface area (Å²) in [6, 6.07) is 3.64. The summed E-state index contributed by atoms with van der Waals surface area (Å²) < 4.78 is 5.12. The molecule has 0 aliphatic heterocycles. The van der Waals surface area contributed by atoms with Gasteiger partial charge in [0, 0.05) is 6.54 Å². The number of ether oxygens (including phenoxy) is 1. The summed E-state index contributed by atoms with van der Waals surface area (Å²) in [6.45, 7) is 6.03. The van der Waals surface area contributed by atoms with Crippen LogP contribution in [0.1, 0.15) is 32.9 Å². The third-order valence-corrected chi connectivity index (χ3v) is 2.08. The average molecular weight is 263 g/mol. The number of alkyl carbamates (subject to hydrolysis) is 1. The highest BCUT2D eigenvalue weighted by Gasteiger charge is 2.14. The largest absolute Gasteiger partial charge is 0.444 e. The van der Waals surface area contributed by atoms with Crippen molar-refractivity contribution in [3.63, 3.8) is 0 Å². The Morgan fingerprint density at radius 2 is 2.21 bits per heavy atom. The number of aromatic nitrogens is 1. The van der Waals surface area contributed by atoms with Crippen LogP contribution in [-0.2, 0) is 4.74 Å². The minimum absolute atomic E-state index is 0.397. The molecule has 0 aliphatic rings. The van der Waals surface area contributed by atoms with Crippen LogP contribution in [0.2, 0.25) is 0 Å². The molecule has 0 aromatic carbocycles. The van der Waals surface area contributed by atoms with Gasteiger partial charge in [-0.2, -0.15) is 0 Å². The van der Waals surface area contributed by atoms with Crippen LogP contribution in [-0.4, -0.2) is 23.2 Å². The van der Waals surface area contributed by atoms with Crippen molar-refractivity contribution in [2.24, 2.45) is 0 Å². The molecule has 0 unspecified atom stereocenters. The highest BCUT2D eigenvalue weighted by atomic mass is 16.6. The second kappa shape index (κ2) is 6.78. The number of carbonyl (C=O) groups is 1. The Hall–Kier alpha value is -2.04. The van der Waals surface area contributed by atoms with E-state index in [1.54, 1.807) is 12.3 Å². The molecule has 0 saturated heterocycles. The van der Waals surface area contributed by atoms with Crippen LogP contribution in [0.4, 0.5) is 10.5 Å². The molecule has 3 N–H and O–H groups in total. The van der Waals surface area contributed by atoms with Crippen LogP contribution in [0, 0.1) is 0 Å². The molecule has 19 heavy (non-hydrogen) atoms. The van der Waals surface area contributed by atoms with Crippen LogP contribution in [0.15, 0.2) is 24.4 Å². The molecule has 104 valence electrons. The summed E-state index contributed by atoms with van der Waals surface area (Å²) in [7, 11) is 0. The SMILES string of the molecule is CC(C)(C)OC(=O)NCCC=Cc1ccc(N)cn1. The van der Waals surface area contributed by atoms with Gasteiger partial charge in [-0.1, -0.05) is 6.08 Å². The topological polar surface area (TPSA) is 77.2 Å². The standard InChI is InChI=1S/C14H21N3O2/c1-14(2,3)19-13(18)16-9-5-4-6-12-8-7-11(15)10-17-12/h4,6-8,10H,5,9,15H2,1-3H3,(H,16,18). The highest BCUT2D eigenvalue weighted by molar-refractivity contribution is 5.67. The van der Waals surface area contributed by atoms with Crippen molar-refractivity contribution >= 4 is 17.9 Å². The van der Waals surface area contributed by atoms with Gasteiger partial charge in [0.2, 0.25) is 0 Å². The number of hydrogen-bond acceptors (Lipinski definition) is 4. The molecule has 5 heteroatoms. The fourth-order valence-corrected chi connectivity index (χ4v) is 1.29. The molecule has 1 aromatic rings. The van der Waals surface area contributed by atoms with Gasteiger partial charge in [-0.15, -0.1) is 0 Å². The number of nitrogens with zero attached hydrogens (tertiary/aromatic N) is 1. The lowest BCUT2D eigenvalue weighted by atomic mass is 10.2. The fourth-order valence-electron chi connectivity index (χ4n) is 1.29. The summed E-state index contributed by atoms with van der Waals surface area (Å²) in [4.78, 5) is 15.5. The number of nitrogens with one attached hydrogen (secondary N) is 1. The number of nitrogens with two attached hydrogens (primary N) is 1. The summed E-state index contributed by atoms with van der Waals surface area (Å²) in [5.74, 6) is 0. The fraction of sp³-hybridized carbons (Fsp3) is 0.429. The number of rotatable bonds is 4. The van der Waals surface area contributed by atoms with E-state index in [1.165, 1.54) is 0 Å². The number of hydrogen-bond donors (Lipinski definition) is 2. The van der Waals surface area contributed by atoms with E-state index in [2.05, 4.69) is 10.3 Å². The molecule has 0 spiro atoms. The summed E-state index contributed by atoms with van der Waals surface area (Å²) in [6.07, 6.45) is 5.75. The van der Waals surface area contributed by atoms with Gasteiger partial charge in [0.05, 0.1) is 17.6 Å². The first kappa shape index (κ1) is 15.0. The first-order valence-corrected chi connectivity index (χ1v) is 6.22. The molecule has 5 nitrogen and oxygen atoms in total. The van der Waals surface area contributed by atoms with Gasteiger partial charge in [-0.3, -0.25) is 4.98 Å². The summed E-state index contributed by atoms with van der Waals surface area (Å²) in [5.41, 5.74) is 6.56. The van der Waals surface area contributed by atoms with E-state index in [0.717, 1.165) is 5.69 Å². The molecule has 0 saturated carbocycles. The predicted molar refractivity (Wildman–Crippen MR) is 76.5 cm³/mol. The minimum atomic E-state index is -0.464. The lowest BCUT2D eigenvalue weighted by Crippen LogP contribution is -2.32. The van der Waals surface area contributed by atoms with Crippen LogP contribution in [0.25, 0.3) is 6.08 Å². The molecule has 0 bridgehead atoms. The summed E-state index contributed by atoms with van der Waals surface area (Å²) >= 11 is 0. The number of nitrogen functional groups attached to an aromatic ring is 1. The smallest absolute Gasteiger partial charge is 0.407 e. The zero-order valence-corrected chi connectivity index (χ0v) is 11.6. The van der Waals surface area contributed by atoms with E-state index in [4.69, 9.17) is 10.5 Å². The van der Waals surface area contributed by atoms with Crippen molar-refractivity contribution in [1.29, 1.82) is 0 Å². The first-order valence-electron chi connectivity index (χ1n) is 6.22. The normalized spacial score (nSPS) is 11.5. The number of amides is 1. The Kier molecular flexibility index (Phi) is 5.36. The average Bonchev–Trinajstić information content (AvgIpc) is 2.29. The van der Waals surface area contributed by atoms with Gasteiger partial charge in [0.1, 0.15) is 5.60 Å². The van der Waals surface area contributed by atoms with Gasteiger partial charge in [0.15, 0.2) is 0 Å². The highest BCUT2D eigenvalue weighted by Crippen LogP contribution is 2.06. The third kappa shape index (κ3) is 7.08. The van der Waals surface area contributed by atoms with E-state index in [-0.39, 0.29) is 0 Å². The van der Waals surface area contributed by atoms with Crippen LogP contribution >= 0.6 is 0 Å². The Morgan fingerprint density at radius 3 is 2.79 bits per heavy atom. The molecule has 0 fully saturated rings. The van der Waals surface area contributed by atoms with Gasteiger partial charge < -0.3 is 15.8 Å². The lowest BCUT2D eigenvalue weighted by Gasteiger charge is -2.19. The van der Waals surface area contributed by atoms with Crippen LogP contribution < -0.4 is 11.1 Å². The number of anilines is 1. The van der Waals surface area contributed by atoms with Gasteiger partial charge in [0.25, 0.3) is 0 Å². The molecular weight excluding hydrogens is 242 g/mol. The minimum Gasteiger partial charge on any atom is -0.444 e. The molecule has 0 radical (unpaired) electrons. The first-order chi connectivity index (χ1) is 8.87. The Morgan fingerprint density at radius 1 is 1.47 bits per heavy atom. The molecule has 0 atom stereocenters. The monoisotopic (exact) mass is 263 g/mol. The summed E-state index contributed by atoms with van der Waals surface area (Å²) in [5, 5.41) is 2.68. The van der Waals surface area contributed by atoms with E-state index in [0.29, 0.717) is 18.7 Å². The van der Waals surface area contributed by atoms with Crippen LogP contribution in [0.3, 0.4) is 0 Å². The number of carbonyl (C=O) groups excluding carboxylic acids is 1. The molecule has 0 aliphatic carbocycles. The van der Waals surface area contributed by atoms with E-state index >= 15 is 0 Å². The second-order valence-electron chi connectivity index (χ2n) is 5.14. The zero-order chi connectivity index (χ0) is 14.3. The Bertz CT molecular complexity index is 433. The molecule has 1 rings (SSSR count). The van der Waals surface area contributed by atoms with Crippen molar-refractivity contribution in [3.8, 4) is 0 Å². The van der Waals surface area contributed by atoms with Gasteiger partial charge in [-0.25, -0.2) is 4.79 Å². The molecular formula is C14H21N3O2. The quantitative estimate of drug-likeness (QED) is 0.818. The van der Waals surface area contributed by atoms with Crippen molar-refractivity contribution in [3.05, 3.63) is 30.1 Å². The third-order valence-electron chi connectivity index (χ3n) is 2.08. The van der Waals surface area contributed by atoms with E-state index in [1.807, 2.05) is 39.0 Å². The van der Waals surface area contributed by atoms with Crippen molar-refractivity contribution in [2.45, 2.75) is 32.8 Å². The van der Waals surface area contributed by atoms with E-state index < -0.39 is 11.7 Å². The lowest BCUT2D eigenvalue weighted by molar-refractivity contribution is 0.0529. The van der Waals surface area contributed by atoms with Gasteiger partial charge >= 0.3 is 6.09 Å². The maximum atomic E-state index is 11.3. The maximum absolute atomic E-state index is 11.3. The molecule has 1 amide bonds. The molecule has 1 aromatic heterocycles. The predicted octanol–water partition coefficient (Wildman–Crippen LogP) is 2.59. The second-order valence-corrected chi connectivity index (χ2v) is 5.14.